The molecule has 0 aromatic heterocycles. The second-order valence-electron chi connectivity index (χ2n) is 2.92. The second-order valence-corrected chi connectivity index (χ2v) is 2.92. The molecule has 1 rings (SSSR count). The summed E-state index contributed by atoms with van der Waals surface area (Å²) in [4.78, 5) is 0. The van der Waals surface area contributed by atoms with Crippen LogP contribution in [0, 0.1) is 0 Å². The molecule has 0 saturated heterocycles. The van der Waals surface area contributed by atoms with E-state index in [1.54, 1.807) is 0 Å². The van der Waals surface area contributed by atoms with Gasteiger partial charge < -0.3 is 0 Å². The van der Waals surface area contributed by atoms with Crippen molar-refractivity contribution in [1.82, 2.24) is 10.4 Å². The van der Waals surface area contributed by atoms with E-state index in [9.17, 15) is 0 Å². The average molecular weight is 177 g/mol. The predicted molar refractivity (Wildman–Crippen MR) is 55.2 cm³/mol. The zero-order chi connectivity index (χ0) is 9.52. The minimum absolute atomic E-state index is 0.794. The van der Waals surface area contributed by atoms with Crippen LogP contribution in [0.1, 0.15) is 19.4 Å². The van der Waals surface area contributed by atoms with Crippen LogP contribution in [0.15, 0.2) is 30.3 Å². The molecule has 0 heterocycles. The minimum atomic E-state index is 0.794. The first kappa shape index (κ1) is 10.2. The molecule has 0 spiro atoms. The van der Waals surface area contributed by atoms with Gasteiger partial charge >= 0.3 is 0 Å². The monoisotopic (exact) mass is 177 g/mol. The van der Waals surface area contributed by atoms with Gasteiger partial charge in [0.15, 0.2) is 0 Å². The zero-order valence-corrected chi connectivity index (χ0v) is 8.40. The van der Waals surface area contributed by atoms with E-state index in [2.05, 4.69) is 36.4 Å². The van der Waals surface area contributed by atoms with E-state index in [-0.39, 0.29) is 0 Å². The Balaban J connectivity index is 2.34. The molecule has 0 amide bonds. The first-order valence-electron chi connectivity index (χ1n) is 4.83. The Hall–Kier alpha value is -0.860. The Morgan fingerprint density at radius 3 is 2.23 bits per heavy atom. The highest BCUT2D eigenvalue weighted by molar-refractivity contribution is 5.13. The number of hydrogen-bond acceptors (Lipinski definition) is 1. The predicted octanol–water partition coefficient (Wildman–Crippen LogP) is 2.05. The van der Waals surface area contributed by atoms with Crippen molar-refractivity contribution in [3.63, 3.8) is 0 Å². The Labute approximate surface area is 80.5 Å². The Morgan fingerprint density at radius 2 is 1.69 bits per heavy atom. The molecule has 0 saturated carbocycles. The smallest absolute Gasteiger partial charge is 0.0557 e. The van der Waals surface area contributed by atoms with Crippen LogP contribution in [0.5, 0.6) is 0 Å². The van der Waals surface area contributed by atoms with Gasteiger partial charge in [-0.1, -0.05) is 44.2 Å². The quantitative estimate of drug-likeness (QED) is 0.629. The second kappa shape index (κ2) is 5.73. The van der Waals surface area contributed by atoms with Gasteiger partial charge in [0.25, 0.3) is 0 Å². The third kappa shape index (κ3) is 3.57. The van der Waals surface area contributed by atoms with Crippen molar-refractivity contribution in [2.24, 2.45) is 0 Å². The third-order valence-corrected chi connectivity index (χ3v) is 2.03. The van der Waals surface area contributed by atoms with Crippen LogP contribution in [0.3, 0.4) is 0 Å². The van der Waals surface area contributed by atoms with E-state index in [0.717, 1.165) is 19.6 Å². The average Bonchev–Trinajstić information content (AvgIpc) is 2.21. The molecule has 0 aliphatic rings. The summed E-state index contributed by atoms with van der Waals surface area (Å²) in [7, 11) is 0. The van der Waals surface area contributed by atoms with Gasteiger partial charge in [-0.2, -0.15) is 5.43 Å². The molecule has 0 atom stereocenters. The number of rotatable bonds is 5. The SMILES string of the molecule is CCN(CC)[N]Cc1ccccc1. The molecule has 13 heavy (non-hydrogen) atoms. The maximum atomic E-state index is 4.46. The normalized spacial score (nSPS) is 10.7. The first-order chi connectivity index (χ1) is 6.36. The van der Waals surface area contributed by atoms with Gasteiger partial charge in [0.2, 0.25) is 0 Å². The molecule has 1 radical (unpaired) electrons. The molecule has 0 fully saturated rings. The Morgan fingerprint density at radius 1 is 1.08 bits per heavy atom. The number of benzene rings is 1. The van der Waals surface area contributed by atoms with Crippen LogP contribution in [-0.2, 0) is 6.54 Å². The summed E-state index contributed by atoms with van der Waals surface area (Å²) in [5, 5.41) is 2.08. The van der Waals surface area contributed by atoms with Crippen LogP contribution in [0.2, 0.25) is 0 Å². The highest BCUT2D eigenvalue weighted by atomic mass is 15.5. The molecule has 0 aliphatic carbocycles. The lowest BCUT2D eigenvalue weighted by molar-refractivity contribution is 0.196. The fraction of sp³-hybridized carbons (Fsp3) is 0.455. The van der Waals surface area contributed by atoms with E-state index in [1.165, 1.54) is 5.56 Å². The van der Waals surface area contributed by atoms with Crippen LogP contribution in [0.4, 0.5) is 0 Å². The van der Waals surface area contributed by atoms with Gasteiger partial charge in [0.05, 0.1) is 6.54 Å². The third-order valence-electron chi connectivity index (χ3n) is 2.03. The van der Waals surface area contributed by atoms with Crippen molar-refractivity contribution in [1.29, 1.82) is 0 Å². The lowest BCUT2D eigenvalue weighted by Crippen LogP contribution is -2.31. The Bertz CT molecular complexity index is 217. The van der Waals surface area contributed by atoms with E-state index in [0.29, 0.717) is 0 Å². The lowest BCUT2D eigenvalue weighted by Gasteiger charge is -2.16. The standard InChI is InChI=1S/C11H17N2/c1-3-13(4-2)12-10-11-8-6-5-7-9-11/h5-9H,3-4,10H2,1-2H3. The van der Waals surface area contributed by atoms with Crippen LogP contribution < -0.4 is 5.43 Å². The molecule has 2 heteroatoms. The van der Waals surface area contributed by atoms with E-state index in [4.69, 9.17) is 0 Å². The summed E-state index contributed by atoms with van der Waals surface area (Å²) in [5.74, 6) is 0. The van der Waals surface area contributed by atoms with E-state index < -0.39 is 0 Å². The van der Waals surface area contributed by atoms with Gasteiger partial charge in [-0.15, -0.1) is 0 Å². The molecule has 0 N–H and O–H groups in total. The highest BCUT2D eigenvalue weighted by Gasteiger charge is 1.98. The largest absolute Gasteiger partial charge is 0.227 e. The van der Waals surface area contributed by atoms with Gasteiger partial charge in [-0.05, 0) is 5.56 Å². The van der Waals surface area contributed by atoms with E-state index in [1.807, 2.05) is 18.2 Å². The van der Waals surface area contributed by atoms with Gasteiger partial charge in [0.1, 0.15) is 0 Å². The molecule has 2 nitrogen and oxygen atoms in total. The van der Waals surface area contributed by atoms with Crippen molar-refractivity contribution in [2.45, 2.75) is 20.4 Å². The molecule has 0 aliphatic heterocycles. The highest BCUT2D eigenvalue weighted by Crippen LogP contribution is 1.98. The minimum Gasteiger partial charge on any atom is -0.227 e. The van der Waals surface area contributed by atoms with Crippen molar-refractivity contribution >= 4 is 0 Å². The molecule has 1 aromatic carbocycles. The molecule has 71 valence electrons. The van der Waals surface area contributed by atoms with Gasteiger partial charge in [-0.25, -0.2) is 5.01 Å². The molecule has 0 unspecified atom stereocenters. The fourth-order valence-electron chi connectivity index (χ4n) is 1.19. The summed E-state index contributed by atoms with van der Waals surface area (Å²) in [6.45, 7) is 7.02. The zero-order valence-electron chi connectivity index (χ0n) is 8.40. The van der Waals surface area contributed by atoms with Crippen LogP contribution >= 0.6 is 0 Å². The van der Waals surface area contributed by atoms with Gasteiger partial charge in [0, 0.05) is 13.1 Å². The van der Waals surface area contributed by atoms with Gasteiger partial charge in [-0.3, -0.25) is 0 Å². The first-order valence-corrected chi connectivity index (χ1v) is 4.83. The summed E-state index contributed by atoms with van der Waals surface area (Å²) in [6, 6.07) is 10.3. The number of nitrogens with zero attached hydrogens (tertiary/aromatic N) is 2. The topological polar surface area (TPSA) is 17.3 Å². The summed E-state index contributed by atoms with van der Waals surface area (Å²) < 4.78 is 0. The molecular formula is C11H17N2. The lowest BCUT2D eigenvalue weighted by atomic mass is 10.2. The van der Waals surface area contributed by atoms with E-state index >= 15 is 0 Å². The molecule has 0 bridgehead atoms. The molecule has 1 aromatic rings. The number of hydrogen-bond donors (Lipinski definition) is 0. The van der Waals surface area contributed by atoms with Crippen molar-refractivity contribution in [2.75, 3.05) is 13.1 Å². The molecular weight excluding hydrogens is 160 g/mol. The maximum Gasteiger partial charge on any atom is 0.0557 e. The summed E-state index contributed by atoms with van der Waals surface area (Å²) >= 11 is 0. The van der Waals surface area contributed by atoms with Crippen molar-refractivity contribution in [3.8, 4) is 0 Å². The van der Waals surface area contributed by atoms with Crippen LogP contribution in [0.25, 0.3) is 0 Å². The van der Waals surface area contributed by atoms with Crippen molar-refractivity contribution < 1.29 is 0 Å². The van der Waals surface area contributed by atoms with Crippen LogP contribution in [-0.4, -0.2) is 18.1 Å². The summed E-state index contributed by atoms with van der Waals surface area (Å²) in [6.07, 6.45) is 0. The van der Waals surface area contributed by atoms with Crippen molar-refractivity contribution in [3.05, 3.63) is 35.9 Å². The maximum absolute atomic E-state index is 4.46. The fourth-order valence-corrected chi connectivity index (χ4v) is 1.19. The summed E-state index contributed by atoms with van der Waals surface area (Å²) in [5.41, 5.74) is 5.74. The Kier molecular flexibility index (Phi) is 4.50.